The number of ether oxygens (including phenoxy) is 3. The summed E-state index contributed by atoms with van der Waals surface area (Å²) in [7, 11) is 0. The highest BCUT2D eigenvalue weighted by Crippen LogP contribution is 2.43. The standard InChI is InChI=1S/C22H33NO5/c1-2-3-4-5-6-7-13-26-18-8-9-19-20(15-18)27-17-22(19)16-23(12-14-28-22)11-10-21(24)25/h8-9,15H,2-7,10-14,16-17H2,1H3,(H,24,25). The van der Waals surface area contributed by atoms with Crippen molar-refractivity contribution < 1.29 is 24.1 Å². The van der Waals surface area contributed by atoms with Crippen molar-refractivity contribution in [1.82, 2.24) is 4.90 Å². The number of carbonyl (C=O) groups is 1. The van der Waals surface area contributed by atoms with Gasteiger partial charge in [-0.1, -0.05) is 39.0 Å². The molecule has 1 aromatic carbocycles. The highest BCUT2D eigenvalue weighted by atomic mass is 16.6. The second-order valence-corrected chi connectivity index (χ2v) is 7.83. The lowest BCUT2D eigenvalue weighted by molar-refractivity contribution is -0.140. The summed E-state index contributed by atoms with van der Waals surface area (Å²) in [6.45, 7) is 5.96. The minimum Gasteiger partial charge on any atom is -0.493 e. The van der Waals surface area contributed by atoms with Gasteiger partial charge in [0, 0.05) is 31.3 Å². The lowest BCUT2D eigenvalue weighted by atomic mass is 9.93. The molecule has 2 aliphatic heterocycles. The number of aliphatic carboxylic acids is 1. The summed E-state index contributed by atoms with van der Waals surface area (Å²) < 4.78 is 18.0. The molecule has 0 aliphatic carbocycles. The summed E-state index contributed by atoms with van der Waals surface area (Å²) in [4.78, 5) is 13.0. The van der Waals surface area contributed by atoms with Crippen LogP contribution < -0.4 is 9.47 Å². The molecule has 0 bridgehead atoms. The number of hydrogen-bond acceptors (Lipinski definition) is 5. The maximum atomic E-state index is 10.9. The topological polar surface area (TPSA) is 68.2 Å². The number of hydrogen-bond donors (Lipinski definition) is 1. The Morgan fingerprint density at radius 1 is 1.25 bits per heavy atom. The van der Waals surface area contributed by atoms with Crippen LogP contribution in [0.15, 0.2) is 18.2 Å². The molecule has 0 amide bonds. The lowest BCUT2D eigenvalue weighted by Gasteiger charge is -2.39. The predicted molar refractivity (Wildman–Crippen MR) is 107 cm³/mol. The van der Waals surface area contributed by atoms with Gasteiger partial charge < -0.3 is 19.3 Å². The molecule has 3 rings (SSSR count). The van der Waals surface area contributed by atoms with Crippen LogP contribution in [0.1, 0.15) is 57.4 Å². The molecule has 1 N–H and O–H groups in total. The van der Waals surface area contributed by atoms with Crippen molar-refractivity contribution >= 4 is 5.97 Å². The van der Waals surface area contributed by atoms with Crippen LogP contribution in [0.3, 0.4) is 0 Å². The largest absolute Gasteiger partial charge is 0.493 e. The summed E-state index contributed by atoms with van der Waals surface area (Å²) in [5, 5.41) is 8.94. The van der Waals surface area contributed by atoms with Gasteiger partial charge in [0.1, 0.15) is 23.7 Å². The minimum absolute atomic E-state index is 0.148. The quantitative estimate of drug-likeness (QED) is 0.579. The smallest absolute Gasteiger partial charge is 0.304 e. The van der Waals surface area contributed by atoms with Crippen molar-refractivity contribution in [3.8, 4) is 11.5 Å². The molecule has 0 radical (unpaired) electrons. The maximum absolute atomic E-state index is 10.9. The van der Waals surface area contributed by atoms with E-state index >= 15 is 0 Å². The average molecular weight is 392 g/mol. The van der Waals surface area contributed by atoms with Gasteiger partial charge in [0.25, 0.3) is 0 Å². The van der Waals surface area contributed by atoms with E-state index in [4.69, 9.17) is 19.3 Å². The molecule has 2 aliphatic rings. The molecule has 2 heterocycles. The number of carboxylic acids is 1. The van der Waals surface area contributed by atoms with E-state index in [-0.39, 0.29) is 6.42 Å². The third-order valence-electron chi connectivity index (χ3n) is 5.58. The lowest BCUT2D eigenvalue weighted by Crippen LogP contribution is -2.51. The average Bonchev–Trinajstić information content (AvgIpc) is 3.03. The SMILES string of the molecule is CCCCCCCCOc1ccc2c(c1)OCC21CN(CCC(=O)O)CCO1. The highest BCUT2D eigenvalue weighted by Gasteiger charge is 2.45. The molecule has 156 valence electrons. The van der Waals surface area contributed by atoms with Crippen LogP contribution in [0.2, 0.25) is 0 Å². The fraction of sp³-hybridized carbons (Fsp3) is 0.682. The Morgan fingerprint density at radius 2 is 2.07 bits per heavy atom. The third-order valence-corrected chi connectivity index (χ3v) is 5.58. The van der Waals surface area contributed by atoms with Gasteiger partial charge in [0.05, 0.1) is 19.6 Å². The van der Waals surface area contributed by atoms with Crippen molar-refractivity contribution in [3.05, 3.63) is 23.8 Å². The van der Waals surface area contributed by atoms with E-state index in [1.807, 2.05) is 18.2 Å². The van der Waals surface area contributed by atoms with E-state index in [1.54, 1.807) is 0 Å². The summed E-state index contributed by atoms with van der Waals surface area (Å²) in [6.07, 6.45) is 7.62. The zero-order chi connectivity index (χ0) is 19.8. The Bertz CT molecular complexity index is 650. The molecule has 6 nitrogen and oxygen atoms in total. The number of benzene rings is 1. The molecular weight excluding hydrogens is 358 g/mol. The zero-order valence-electron chi connectivity index (χ0n) is 17.0. The molecule has 1 atom stereocenters. The third kappa shape index (κ3) is 5.39. The Hall–Kier alpha value is -1.79. The first-order chi connectivity index (χ1) is 13.6. The number of fused-ring (bicyclic) bond motifs is 2. The highest BCUT2D eigenvalue weighted by molar-refractivity contribution is 5.66. The van der Waals surface area contributed by atoms with Crippen LogP contribution in [0.5, 0.6) is 11.5 Å². The van der Waals surface area contributed by atoms with E-state index in [0.29, 0.717) is 26.3 Å². The van der Waals surface area contributed by atoms with Gasteiger partial charge in [0.15, 0.2) is 0 Å². The fourth-order valence-corrected chi connectivity index (χ4v) is 3.98. The Kier molecular flexibility index (Phi) is 7.57. The summed E-state index contributed by atoms with van der Waals surface area (Å²) in [5.74, 6) is 0.888. The molecule has 1 aromatic rings. The number of rotatable bonds is 11. The minimum atomic E-state index is -0.768. The number of unbranched alkanes of at least 4 members (excludes halogenated alkanes) is 5. The second kappa shape index (κ2) is 10.1. The summed E-state index contributed by atoms with van der Waals surface area (Å²) in [5.41, 5.74) is 0.545. The van der Waals surface area contributed by atoms with Crippen molar-refractivity contribution in [2.24, 2.45) is 0 Å². The Morgan fingerprint density at radius 3 is 2.89 bits per heavy atom. The van der Waals surface area contributed by atoms with Gasteiger partial charge in [-0.2, -0.15) is 0 Å². The monoisotopic (exact) mass is 391 g/mol. The Balaban J connectivity index is 1.52. The van der Waals surface area contributed by atoms with E-state index in [1.165, 1.54) is 32.1 Å². The van der Waals surface area contributed by atoms with Crippen LogP contribution in [-0.2, 0) is 15.1 Å². The molecule has 0 saturated carbocycles. The number of morpholine rings is 1. The molecule has 6 heteroatoms. The summed E-state index contributed by atoms with van der Waals surface area (Å²) >= 11 is 0. The van der Waals surface area contributed by atoms with E-state index in [0.717, 1.165) is 36.6 Å². The van der Waals surface area contributed by atoms with Crippen LogP contribution in [-0.4, -0.2) is 55.4 Å². The van der Waals surface area contributed by atoms with Gasteiger partial charge in [0.2, 0.25) is 0 Å². The summed E-state index contributed by atoms with van der Waals surface area (Å²) in [6, 6.07) is 5.99. The van der Waals surface area contributed by atoms with E-state index in [2.05, 4.69) is 11.8 Å². The predicted octanol–water partition coefficient (Wildman–Crippen LogP) is 3.82. The molecule has 1 fully saturated rings. The van der Waals surface area contributed by atoms with Crippen molar-refractivity contribution in [3.63, 3.8) is 0 Å². The van der Waals surface area contributed by atoms with Crippen molar-refractivity contribution in [2.75, 3.05) is 39.5 Å². The zero-order valence-corrected chi connectivity index (χ0v) is 17.0. The van der Waals surface area contributed by atoms with Gasteiger partial charge in [-0.25, -0.2) is 0 Å². The molecule has 1 saturated heterocycles. The van der Waals surface area contributed by atoms with Crippen LogP contribution >= 0.6 is 0 Å². The van der Waals surface area contributed by atoms with Crippen LogP contribution in [0, 0.1) is 0 Å². The number of nitrogens with zero attached hydrogens (tertiary/aromatic N) is 1. The fourth-order valence-electron chi connectivity index (χ4n) is 3.98. The first kappa shape index (κ1) is 20.9. The van der Waals surface area contributed by atoms with Crippen molar-refractivity contribution in [1.29, 1.82) is 0 Å². The second-order valence-electron chi connectivity index (χ2n) is 7.83. The van der Waals surface area contributed by atoms with Gasteiger partial charge in [-0.3, -0.25) is 9.69 Å². The van der Waals surface area contributed by atoms with Crippen LogP contribution in [0.25, 0.3) is 0 Å². The molecular formula is C22H33NO5. The van der Waals surface area contributed by atoms with Gasteiger partial charge in [-0.05, 0) is 18.6 Å². The van der Waals surface area contributed by atoms with Gasteiger partial charge >= 0.3 is 5.97 Å². The maximum Gasteiger partial charge on any atom is 0.304 e. The molecule has 1 spiro atoms. The molecule has 0 aromatic heterocycles. The van der Waals surface area contributed by atoms with Crippen molar-refractivity contribution in [2.45, 2.75) is 57.5 Å². The number of carboxylic acid groups (broad SMARTS) is 1. The van der Waals surface area contributed by atoms with E-state index in [9.17, 15) is 4.79 Å². The van der Waals surface area contributed by atoms with Crippen LogP contribution in [0.4, 0.5) is 0 Å². The van der Waals surface area contributed by atoms with Gasteiger partial charge in [-0.15, -0.1) is 0 Å². The first-order valence-electron chi connectivity index (χ1n) is 10.6. The Labute approximate surface area is 167 Å². The molecule has 28 heavy (non-hydrogen) atoms. The normalized spacial score (nSPS) is 21.5. The first-order valence-corrected chi connectivity index (χ1v) is 10.6. The van der Waals surface area contributed by atoms with E-state index < -0.39 is 11.6 Å². The molecule has 1 unspecified atom stereocenters.